The smallest absolute Gasteiger partial charge is 0.161 e. The molecule has 0 aliphatic heterocycles. The fourth-order valence-corrected chi connectivity index (χ4v) is 3.36. The van der Waals surface area contributed by atoms with Gasteiger partial charge in [-0.3, -0.25) is 0 Å². The van der Waals surface area contributed by atoms with Crippen molar-refractivity contribution in [2.45, 2.75) is 26.7 Å². The Labute approximate surface area is 186 Å². The van der Waals surface area contributed by atoms with Crippen LogP contribution in [0.5, 0.6) is 11.5 Å². The number of aromatic hydroxyl groups is 1. The third kappa shape index (κ3) is 8.69. The van der Waals surface area contributed by atoms with Crippen LogP contribution in [0, 0.1) is 11.8 Å². The maximum absolute atomic E-state index is 9.26. The lowest BCUT2D eigenvalue weighted by molar-refractivity contribution is 0.343. The highest BCUT2D eigenvalue weighted by molar-refractivity contribution is 5.55. The molecule has 164 valence electrons. The number of ether oxygens (including phenoxy) is 1. The van der Waals surface area contributed by atoms with Crippen LogP contribution in [0.2, 0.25) is 0 Å². The second kappa shape index (κ2) is 13.3. The van der Waals surface area contributed by atoms with Crippen molar-refractivity contribution in [1.82, 2.24) is 0 Å². The molecule has 2 unspecified atom stereocenters. The average Bonchev–Trinajstić information content (AvgIpc) is 2.80. The Balaban J connectivity index is 0.000000233. The normalized spacial score (nSPS) is 12.6. The maximum Gasteiger partial charge on any atom is 0.161 e. The molecule has 0 aromatic heterocycles. The molecule has 0 amide bonds. The molecule has 3 nitrogen and oxygen atoms in total. The number of rotatable bonds is 8. The van der Waals surface area contributed by atoms with Crippen LogP contribution in [0.4, 0.5) is 0 Å². The molecular weight excluding hydrogens is 384 g/mol. The molecule has 0 saturated carbocycles. The van der Waals surface area contributed by atoms with Gasteiger partial charge in [0.2, 0.25) is 0 Å². The van der Waals surface area contributed by atoms with Crippen molar-refractivity contribution in [2.24, 2.45) is 11.8 Å². The van der Waals surface area contributed by atoms with Crippen LogP contribution in [0.25, 0.3) is 6.08 Å². The van der Waals surface area contributed by atoms with Crippen molar-refractivity contribution < 1.29 is 14.9 Å². The largest absolute Gasteiger partial charge is 0.504 e. The van der Waals surface area contributed by atoms with Gasteiger partial charge in [0.15, 0.2) is 11.5 Å². The molecule has 0 bridgehead atoms. The molecule has 0 heterocycles. The van der Waals surface area contributed by atoms with Gasteiger partial charge in [-0.15, -0.1) is 0 Å². The van der Waals surface area contributed by atoms with E-state index in [0.29, 0.717) is 17.6 Å². The van der Waals surface area contributed by atoms with Crippen molar-refractivity contribution in [3.8, 4) is 11.5 Å². The topological polar surface area (TPSA) is 49.7 Å². The van der Waals surface area contributed by atoms with Gasteiger partial charge < -0.3 is 14.9 Å². The minimum absolute atomic E-state index is 0.00317. The summed E-state index contributed by atoms with van der Waals surface area (Å²) in [6.07, 6.45) is 5.72. The molecule has 2 atom stereocenters. The Morgan fingerprint density at radius 1 is 0.806 bits per heavy atom. The van der Waals surface area contributed by atoms with E-state index in [9.17, 15) is 5.11 Å². The summed E-state index contributed by atoms with van der Waals surface area (Å²) in [6.45, 7) is 4.73. The molecular formula is C28H34O3. The van der Waals surface area contributed by atoms with E-state index < -0.39 is 0 Å². The summed E-state index contributed by atoms with van der Waals surface area (Å²) in [4.78, 5) is 0. The number of phenols is 1. The lowest BCUT2D eigenvalue weighted by Crippen LogP contribution is -2.13. The number of benzene rings is 3. The summed E-state index contributed by atoms with van der Waals surface area (Å²) >= 11 is 0. The van der Waals surface area contributed by atoms with Crippen LogP contribution in [0.15, 0.2) is 84.9 Å². The third-order valence-corrected chi connectivity index (χ3v) is 5.39. The molecule has 3 rings (SSSR count). The van der Waals surface area contributed by atoms with E-state index in [4.69, 9.17) is 9.84 Å². The van der Waals surface area contributed by atoms with Crippen LogP contribution in [-0.2, 0) is 12.8 Å². The fraction of sp³-hybridized carbons (Fsp3) is 0.286. The molecule has 3 aromatic carbocycles. The lowest BCUT2D eigenvalue weighted by Gasteiger charge is -2.20. The molecule has 0 spiro atoms. The molecule has 0 aliphatic rings. The highest BCUT2D eigenvalue weighted by Gasteiger charge is 2.13. The molecule has 3 heteroatoms. The zero-order valence-electron chi connectivity index (χ0n) is 18.7. The number of hydrogen-bond acceptors (Lipinski definition) is 3. The van der Waals surface area contributed by atoms with Crippen molar-refractivity contribution >= 4 is 6.08 Å². The molecule has 0 saturated heterocycles. The first-order valence-corrected chi connectivity index (χ1v) is 10.8. The monoisotopic (exact) mass is 418 g/mol. The van der Waals surface area contributed by atoms with Crippen LogP contribution >= 0.6 is 0 Å². The Hall–Kier alpha value is -3.04. The number of hydrogen-bond donors (Lipinski definition) is 2. The van der Waals surface area contributed by atoms with Crippen LogP contribution < -0.4 is 4.74 Å². The zero-order valence-corrected chi connectivity index (χ0v) is 18.7. The van der Waals surface area contributed by atoms with E-state index in [0.717, 1.165) is 5.56 Å². The zero-order chi connectivity index (χ0) is 22.5. The second-order valence-corrected chi connectivity index (χ2v) is 7.85. The lowest BCUT2D eigenvalue weighted by atomic mass is 9.85. The highest BCUT2D eigenvalue weighted by Crippen LogP contribution is 2.26. The minimum atomic E-state index is 0.00317. The quantitative estimate of drug-likeness (QED) is 0.461. The maximum atomic E-state index is 9.26. The van der Waals surface area contributed by atoms with Crippen molar-refractivity contribution in [3.63, 3.8) is 0 Å². The van der Waals surface area contributed by atoms with E-state index >= 15 is 0 Å². The molecule has 0 aliphatic carbocycles. The Morgan fingerprint density at radius 3 is 1.77 bits per heavy atom. The molecule has 2 N–H and O–H groups in total. The van der Waals surface area contributed by atoms with E-state index in [2.05, 4.69) is 74.5 Å². The Bertz CT molecular complexity index is 859. The number of phenolic OH excluding ortho intramolecular Hbond substituents is 1. The van der Waals surface area contributed by atoms with Gasteiger partial charge in [0.05, 0.1) is 13.7 Å². The van der Waals surface area contributed by atoms with Crippen LogP contribution in [0.3, 0.4) is 0 Å². The summed E-state index contributed by atoms with van der Waals surface area (Å²) in [6, 6.07) is 26.6. The molecule has 0 radical (unpaired) electrons. The summed E-state index contributed by atoms with van der Waals surface area (Å²) < 4.78 is 4.92. The van der Waals surface area contributed by atoms with E-state index in [1.165, 1.54) is 31.1 Å². The van der Waals surface area contributed by atoms with Gasteiger partial charge in [0.25, 0.3) is 0 Å². The first-order valence-electron chi connectivity index (χ1n) is 10.8. The highest BCUT2D eigenvalue weighted by atomic mass is 16.5. The fourth-order valence-electron chi connectivity index (χ4n) is 3.36. The van der Waals surface area contributed by atoms with E-state index in [1.54, 1.807) is 30.4 Å². The number of methoxy groups -OCH3 is 1. The van der Waals surface area contributed by atoms with Gasteiger partial charge in [0.1, 0.15) is 0 Å². The van der Waals surface area contributed by atoms with Gasteiger partial charge in [0, 0.05) is 0 Å². The Kier molecular flexibility index (Phi) is 10.4. The third-order valence-electron chi connectivity index (χ3n) is 5.39. The van der Waals surface area contributed by atoms with Gasteiger partial charge in [-0.25, -0.2) is 0 Å². The minimum Gasteiger partial charge on any atom is -0.504 e. The predicted octanol–water partition coefficient (Wildman–Crippen LogP) is 6.15. The van der Waals surface area contributed by atoms with Gasteiger partial charge in [-0.05, 0) is 53.5 Å². The molecule has 31 heavy (non-hydrogen) atoms. The van der Waals surface area contributed by atoms with Gasteiger partial charge >= 0.3 is 0 Å². The van der Waals surface area contributed by atoms with E-state index in [-0.39, 0.29) is 12.4 Å². The van der Waals surface area contributed by atoms with E-state index in [1.807, 2.05) is 0 Å². The van der Waals surface area contributed by atoms with Crippen LogP contribution in [0.1, 0.15) is 30.5 Å². The second-order valence-electron chi connectivity index (χ2n) is 7.85. The average molecular weight is 419 g/mol. The summed E-state index contributed by atoms with van der Waals surface area (Å²) in [5, 5.41) is 17.8. The predicted molar refractivity (Wildman–Crippen MR) is 129 cm³/mol. The summed E-state index contributed by atoms with van der Waals surface area (Å²) in [5.41, 5.74) is 3.78. The summed E-state index contributed by atoms with van der Waals surface area (Å²) in [7, 11) is 1.49. The Morgan fingerprint density at radius 2 is 1.32 bits per heavy atom. The first-order chi connectivity index (χ1) is 15.0. The molecule has 3 aromatic rings. The number of aliphatic hydroxyl groups is 1. The van der Waals surface area contributed by atoms with Gasteiger partial charge in [-0.2, -0.15) is 0 Å². The number of aliphatic hydroxyl groups excluding tert-OH is 1. The van der Waals surface area contributed by atoms with Crippen molar-refractivity contribution in [1.29, 1.82) is 0 Å². The SMILES string of the molecule is CC(Cc1ccccc1)C(C)Cc1ccccc1.COc1cc(/C=C/CO)ccc1O. The molecule has 0 fully saturated rings. The van der Waals surface area contributed by atoms with Crippen molar-refractivity contribution in [2.75, 3.05) is 13.7 Å². The van der Waals surface area contributed by atoms with Crippen molar-refractivity contribution in [3.05, 3.63) is 102 Å². The first kappa shape index (κ1) is 24.2. The van der Waals surface area contributed by atoms with Gasteiger partial charge in [-0.1, -0.05) is 92.7 Å². The standard InChI is InChI=1S/C18H22.C10H12O3/c1-15(13-17-9-5-3-6-10-17)16(2)14-18-11-7-4-8-12-18;1-13-10-7-8(3-2-6-11)4-5-9(10)12/h3-12,15-16H,13-14H2,1-2H3;2-5,7,11-12H,6H2,1H3/b;3-2+. The van der Waals surface area contributed by atoms with Crippen LogP contribution in [-0.4, -0.2) is 23.9 Å². The summed E-state index contributed by atoms with van der Waals surface area (Å²) in [5.74, 6) is 1.98.